The topological polar surface area (TPSA) is 99.8 Å². The van der Waals surface area contributed by atoms with Crippen LogP contribution in [0.3, 0.4) is 0 Å². The summed E-state index contributed by atoms with van der Waals surface area (Å²) in [5, 5.41) is 14.4. The summed E-state index contributed by atoms with van der Waals surface area (Å²) in [6.07, 6.45) is 3.05. The zero-order chi connectivity index (χ0) is 15.8. The van der Waals surface area contributed by atoms with Crippen molar-refractivity contribution in [3.63, 3.8) is 0 Å². The van der Waals surface area contributed by atoms with Gasteiger partial charge in [-0.15, -0.1) is 0 Å². The maximum Gasteiger partial charge on any atom is 0.250 e. The Morgan fingerprint density at radius 2 is 2.14 bits per heavy atom. The largest absolute Gasteiger partial charge is 0.368 e. The number of carbonyl (C=O) groups excluding carboxylic acids is 1. The molecule has 0 radical (unpaired) electrons. The molecule has 0 aliphatic heterocycles. The summed E-state index contributed by atoms with van der Waals surface area (Å²) in [6.45, 7) is 0.894. The van der Waals surface area contributed by atoms with E-state index >= 15 is 0 Å². The molecule has 22 heavy (non-hydrogen) atoms. The third-order valence-corrected chi connectivity index (χ3v) is 2.86. The minimum Gasteiger partial charge on any atom is -0.368 e. The molecule has 0 bridgehead atoms. The lowest BCUT2D eigenvalue weighted by atomic mass is 10.3. The van der Waals surface area contributed by atoms with Crippen molar-refractivity contribution < 1.29 is 4.79 Å². The summed E-state index contributed by atoms with van der Waals surface area (Å²) >= 11 is 0. The van der Waals surface area contributed by atoms with Crippen molar-refractivity contribution in [1.82, 2.24) is 14.9 Å². The predicted octanol–water partition coefficient (Wildman–Crippen LogP) is 0.343. The molecular weight excluding hydrogens is 282 g/mol. The minimum atomic E-state index is -0.233. The number of nitriles is 1. The molecule has 0 aromatic carbocycles. The van der Waals surface area contributed by atoms with Gasteiger partial charge in [0.2, 0.25) is 5.91 Å². The first-order chi connectivity index (χ1) is 10.7. The number of nitrogens with zero attached hydrogens (tertiary/aromatic N) is 3. The fraction of sp³-hybridized carbons (Fsp3) is 0.200. The lowest BCUT2D eigenvalue weighted by molar-refractivity contribution is -0.121. The zero-order valence-corrected chi connectivity index (χ0v) is 11.8. The second-order valence-electron chi connectivity index (χ2n) is 4.49. The van der Waals surface area contributed by atoms with Gasteiger partial charge in [0.25, 0.3) is 5.56 Å². The molecule has 2 aromatic heterocycles. The molecule has 1 amide bonds. The van der Waals surface area contributed by atoms with E-state index in [2.05, 4.69) is 15.6 Å². The first-order valence-corrected chi connectivity index (χ1v) is 6.71. The van der Waals surface area contributed by atoms with Gasteiger partial charge >= 0.3 is 0 Å². The van der Waals surface area contributed by atoms with E-state index in [1.54, 1.807) is 30.5 Å². The van der Waals surface area contributed by atoms with Gasteiger partial charge in [-0.25, -0.2) is 4.98 Å². The highest BCUT2D eigenvalue weighted by Gasteiger charge is 2.03. The molecule has 0 aliphatic carbocycles. The molecule has 0 aliphatic rings. The van der Waals surface area contributed by atoms with E-state index in [0.717, 1.165) is 0 Å². The van der Waals surface area contributed by atoms with Crippen LogP contribution in [0.2, 0.25) is 0 Å². The Balaban J connectivity index is 1.72. The van der Waals surface area contributed by atoms with E-state index in [1.807, 2.05) is 6.07 Å². The van der Waals surface area contributed by atoms with Gasteiger partial charge in [0, 0.05) is 31.5 Å². The maximum absolute atomic E-state index is 11.7. The van der Waals surface area contributed by atoms with E-state index in [1.165, 1.54) is 16.8 Å². The lowest BCUT2D eigenvalue weighted by Gasteiger charge is -2.08. The number of aromatic nitrogens is 2. The molecule has 0 spiro atoms. The Bertz CT molecular complexity index is 731. The molecule has 7 heteroatoms. The van der Waals surface area contributed by atoms with E-state index in [9.17, 15) is 9.59 Å². The van der Waals surface area contributed by atoms with Gasteiger partial charge < -0.3 is 15.2 Å². The Hall–Kier alpha value is -3.14. The van der Waals surface area contributed by atoms with Crippen LogP contribution in [0, 0.1) is 11.3 Å². The van der Waals surface area contributed by atoms with Crippen molar-refractivity contribution in [2.24, 2.45) is 0 Å². The van der Waals surface area contributed by atoms with Gasteiger partial charge in [-0.2, -0.15) is 5.26 Å². The van der Waals surface area contributed by atoms with Crippen molar-refractivity contribution in [1.29, 1.82) is 5.26 Å². The highest BCUT2D eigenvalue weighted by molar-refractivity contribution is 5.75. The van der Waals surface area contributed by atoms with Crippen molar-refractivity contribution in [2.45, 2.75) is 6.54 Å². The molecule has 2 rings (SSSR count). The van der Waals surface area contributed by atoms with Gasteiger partial charge in [0.05, 0.1) is 5.56 Å². The van der Waals surface area contributed by atoms with E-state index in [0.29, 0.717) is 24.5 Å². The highest BCUT2D eigenvalue weighted by atomic mass is 16.2. The standard InChI is InChI=1S/C15H15N5O2/c16-9-12-4-5-13(19-10-12)17-6-7-18-14(21)11-20-8-2-1-3-15(20)22/h1-5,8,10H,6-7,11H2,(H,17,19)(H,18,21). The minimum absolute atomic E-state index is 0.00517. The summed E-state index contributed by atoms with van der Waals surface area (Å²) in [6, 6.07) is 10.1. The van der Waals surface area contributed by atoms with E-state index in [4.69, 9.17) is 5.26 Å². The van der Waals surface area contributed by atoms with E-state index < -0.39 is 0 Å². The summed E-state index contributed by atoms with van der Waals surface area (Å²) in [5.41, 5.74) is 0.282. The van der Waals surface area contributed by atoms with Crippen LogP contribution >= 0.6 is 0 Å². The van der Waals surface area contributed by atoms with Crippen LogP contribution < -0.4 is 16.2 Å². The highest BCUT2D eigenvalue weighted by Crippen LogP contribution is 2.02. The molecule has 2 N–H and O–H groups in total. The third-order valence-electron chi connectivity index (χ3n) is 2.86. The number of carbonyl (C=O) groups is 1. The second-order valence-corrected chi connectivity index (χ2v) is 4.49. The molecular formula is C15H15N5O2. The SMILES string of the molecule is N#Cc1ccc(NCCNC(=O)Cn2ccccc2=O)nc1. The van der Waals surface area contributed by atoms with E-state index in [-0.39, 0.29) is 18.0 Å². The molecule has 0 unspecified atom stereocenters. The van der Waals surface area contributed by atoms with Gasteiger partial charge in [0.15, 0.2) is 0 Å². The molecule has 2 aromatic rings. The molecule has 112 valence electrons. The van der Waals surface area contributed by atoms with Gasteiger partial charge in [-0.05, 0) is 18.2 Å². The molecule has 0 atom stereocenters. The van der Waals surface area contributed by atoms with Crippen LogP contribution in [0.5, 0.6) is 0 Å². The Kier molecular flexibility index (Phi) is 5.26. The van der Waals surface area contributed by atoms with Gasteiger partial charge in [0.1, 0.15) is 18.4 Å². The normalized spacial score (nSPS) is 9.77. The molecule has 7 nitrogen and oxygen atoms in total. The van der Waals surface area contributed by atoms with Gasteiger partial charge in [-0.1, -0.05) is 6.07 Å². The van der Waals surface area contributed by atoms with Crippen LogP contribution in [-0.2, 0) is 11.3 Å². The third kappa shape index (κ3) is 4.45. The van der Waals surface area contributed by atoms with Crippen molar-refractivity contribution in [2.75, 3.05) is 18.4 Å². The van der Waals surface area contributed by atoms with Crippen LogP contribution in [-0.4, -0.2) is 28.5 Å². The van der Waals surface area contributed by atoms with Crippen LogP contribution in [0.4, 0.5) is 5.82 Å². The first-order valence-electron chi connectivity index (χ1n) is 6.71. The molecule has 0 saturated heterocycles. The van der Waals surface area contributed by atoms with Crippen LogP contribution in [0.15, 0.2) is 47.5 Å². The van der Waals surface area contributed by atoms with Gasteiger partial charge in [-0.3, -0.25) is 9.59 Å². The summed E-state index contributed by atoms with van der Waals surface area (Å²) in [5.74, 6) is 0.399. The summed E-state index contributed by atoms with van der Waals surface area (Å²) in [7, 11) is 0. The molecule has 0 saturated carbocycles. The summed E-state index contributed by atoms with van der Waals surface area (Å²) < 4.78 is 1.34. The first kappa shape index (κ1) is 15.3. The van der Waals surface area contributed by atoms with Crippen molar-refractivity contribution in [3.05, 3.63) is 58.6 Å². The monoisotopic (exact) mass is 297 g/mol. The quantitative estimate of drug-likeness (QED) is 0.749. The Morgan fingerprint density at radius 1 is 1.27 bits per heavy atom. The number of hydrogen-bond acceptors (Lipinski definition) is 5. The van der Waals surface area contributed by atoms with Crippen molar-refractivity contribution >= 4 is 11.7 Å². The number of pyridine rings is 2. The number of hydrogen-bond donors (Lipinski definition) is 2. The fourth-order valence-corrected chi connectivity index (χ4v) is 1.76. The smallest absolute Gasteiger partial charge is 0.250 e. The number of amides is 1. The predicted molar refractivity (Wildman–Crippen MR) is 81.2 cm³/mol. The number of rotatable bonds is 6. The number of nitrogens with one attached hydrogen (secondary N) is 2. The lowest BCUT2D eigenvalue weighted by Crippen LogP contribution is -2.34. The molecule has 2 heterocycles. The number of anilines is 1. The Morgan fingerprint density at radius 3 is 2.82 bits per heavy atom. The van der Waals surface area contributed by atoms with Crippen LogP contribution in [0.25, 0.3) is 0 Å². The summed E-state index contributed by atoms with van der Waals surface area (Å²) in [4.78, 5) is 27.2. The molecule has 0 fully saturated rings. The average Bonchev–Trinajstić information content (AvgIpc) is 2.54. The second kappa shape index (κ2) is 7.59. The van der Waals surface area contributed by atoms with Crippen LogP contribution in [0.1, 0.15) is 5.56 Å². The fourth-order valence-electron chi connectivity index (χ4n) is 1.76. The maximum atomic E-state index is 11.7. The zero-order valence-electron chi connectivity index (χ0n) is 11.8. The van der Waals surface area contributed by atoms with Crippen molar-refractivity contribution in [3.8, 4) is 6.07 Å². The average molecular weight is 297 g/mol. The Labute approximate surface area is 127 Å².